The van der Waals surface area contributed by atoms with Gasteiger partial charge in [-0.25, -0.2) is 15.0 Å². The second-order valence-electron chi connectivity index (χ2n) is 6.42. The fraction of sp³-hybridized carbons (Fsp3) is 0.250. The lowest BCUT2D eigenvalue weighted by Crippen LogP contribution is -2.37. The third-order valence-corrected chi connectivity index (χ3v) is 4.40. The van der Waals surface area contributed by atoms with Crippen molar-refractivity contribution in [1.82, 2.24) is 19.9 Å². The first-order chi connectivity index (χ1) is 14.2. The molecule has 1 aliphatic rings. The molecule has 2 aromatic heterocycles. The number of rotatable bonds is 5. The Morgan fingerprint density at radius 1 is 1.14 bits per heavy atom. The minimum absolute atomic E-state index is 0.199. The first-order valence-electron chi connectivity index (χ1n) is 9.13. The molecule has 1 fully saturated rings. The number of nitrogens with zero attached hydrogens (tertiary/aromatic N) is 6. The monoisotopic (exact) mass is 389 g/mol. The fourth-order valence-corrected chi connectivity index (χ4v) is 2.90. The molecule has 0 spiro atoms. The molecule has 0 aliphatic carbocycles. The molecule has 1 aliphatic heterocycles. The minimum Gasteiger partial charge on any atom is -0.473 e. The van der Waals surface area contributed by atoms with Crippen LogP contribution in [0, 0.1) is 11.3 Å². The van der Waals surface area contributed by atoms with E-state index in [2.05, 4.69) is 26.0 Å². The average molecular weight is 389 g/mol. The molecule has 29 heavy (non-hydrogen) atoms. The number of hydrogen-bond acceptors (Lipinski definition) is 9. The molecule has 146 valence electrons. The maximum absolute atomic E-state index is 9.06. The summed E-state index contributed by atoms with van der Waals surface area (Å²) in [6.07, 6.45) is 3.24. The van der Waals surface area contributed by atoms with Crippen molar-refractivity contribution in [3.8, 4) is 23.2 Å². The summed E-state index contributed by atoms with van der Waals surface area (Å²) in [4.78, 5) is 19.4. The van der Waals surface area contributed by atoms with Gasteiger partial charge >= 0.3 is 0 Å². The van der Waals surface area contributed by atoms with E-state index in [0.717, 1.165) is 5.56 Å². The number of nitrogen functional groups attached to an aromatic ring is 1. The van der Waals surface area contributed by atoms with Crippen molar-refractivity contribution < 1.29 is 9.47 Å². The van der Waals surface area contributed by atoms with Crippen LogP contribution in [0.4, 0.5) is 11.9 Å². The molecule has 1 aromatic carbocycles. The standard InChI is InChI=1S/C20H19N7O2/c21-10-14-2-1-3-15(8-14)13-29-18-9-17(16-11-23-19(22)24-12-16)25-20(26-18)27-4-6-28-7-5-27/h1-3,8-9,11-12H,4-7,13H2,(H2,22,23,24). The Balaban J connectivity index is 1.63. The third-order valence-electron chi connectivity index (χ3n) is 4.40. The molecule has 0 radical (unpaired) electrons. The molecule has 3 heterocycles. The average Bonchev–Trinajstić information content (AvgIpc) is 2.79. The Labute approximate surface area is 167 Å². The summed E-state index contributed by atoms with van der Waals surface area (Å²) >= 11 is 0. The molecule has 0 unspecified atom stereocenters. The van der Waals surface area contributed by atoms with Gasteiger partial charge in [-0.1, -0.05) is 12.1 Å². The molecule has 1 saturated heterocycles. The largest absolute Gasteiger partial charge is 0.473 e. The third kappa shape index (κ3) is 4.56. The molecular formula is C20H19N7O2. The Bertz CT molecular complexity index is 1030. The summed E-state index contributed by atoms with van der Waals surface area (Å²) in [5, 5.41) is 9.06. The van der Waals surface area contributed by atoms with Gasteiger partial charge in [0.1, 0.15) is 6.61 Å². The van der Waals surface area contributed by atoms with Crippen LogP contribution in [-0.2, 0) is 11.3 Å². The molecule has 4 rings (SSSR count). The Morgan fingerprint density at radius 2 is 1.93 bits per heavy atom. The number of benzene rings is 1. The first-order valence-corrected chi connectivity index (χ1v) is 9.13. The summed E-state index contributed by atoms with van der Waals surface area (Å²) in [5.41, 5.74) is 8.42. The van der Waals surface area contributed by atoms with Crippen LogP contribution >= 0.6 is 0 Å². The number of morpholine rings is 1. The van der Waals surface area contributed by atoms with Gasteiger partial charge in [-0.2, -0.15) is 10.2 Å². The van der Waals surface area contributed by atoms with Crippen LogP contribution in [0.25, 0.3) is 11.3 Å². The highest BCUT2D eigenvalue weighted by Gasteiger charge is 2.17. The van der Waals surface area contributed by atoms with Crippen molar-refractivity contribution in [2.45, 2.75) is 6.61 Å². The van der Waals surface area contributed by atoms with E-state index in [1.807, 2.05) is 17.0 Å². The maximum atomic E-state index is 9.06. The molecule has 2 N–H and O–H groups in total. The number of anilines is 2. The van der Waals surface area contributed by atoms with E-state index in [1.165, 1.54) is 0 Å². The van der Waals surface area contributed by atoms with Gasteiger partial charge in [-0.05, 0) is 17.7 Å². The van der Waals surface area contributed by atoms with Gasteiger partial charge in [0.25, 0.3) is 0 Å². The van der Waals surface area contributed by atoms with Crippen molar-refractivity contribution in [2.24, 2.45) is 0 Å². The highest BCUT2D eigenvalue weighted by molar-refractivity contribution is 5.60. The zero-order valence-corrected chi connectivity index (χ0v) is 15.7. The molecule has 0 atom stereocenters. The number of aromatic nitrogens is 4. The summed E-state index contributed by atoms with van der Waals surface area (Å²) in [5.74, 6) is 1.18. The van der Waals surface area contributed by atoms with Gasteiger partial charge in [0, 0.05) is 37.1 Å². The van der Waals surface area contributed by atoms with E-state index >= 15 is 0 Å². The molecular weight excluding hydrogens is 370 g/mol. The van der Waals surface area contributed by atoms with Gasteiger partial charge in [0.2, 0.25) is 17.8 Å². The molecule has 0 amide bonds. The highest BCUT2D eigenvalue weighted by atomic mass is 16.5. The summed E-state index contributed by atoms with van der Waals surface area (Å²) in [6, 6.07) is 11.1. The lowest BCUT2D eigenvalue weighted by molar-refractivity contribution is 0.122. The van der Waals surface area contributed by atoms with Gasteiger partial charge in [-0.15, -0.1) is 0 Å². The van der Waals surface area contributed by atoms with Gasteiger partial charge in [0.05, 0.1) is 30.5 Å². The SMILES string of the molecule is N#Cc1cccc(COc2cc(-c3cnc(N)nc3)nc(N3CCOCC3)n2)c1. The smallest absolute Gasteiger partial charge is 0.229 e. The van der Waals surface area contributed by atoms with Crippen molar-refractivity contribution in [3.63, 3.8) is 0 Å². The molecule has 3 aromatic rings. The van der Waals surface area contributed by atoms with Gasteiger partial charge < -0.3 is 20.1 Å². The lowest BCUT2D eigenvalue weighted by Gasteiger charge is -2.27. The predicted molar refractivity (Wildman–Crippen MR) is 106 cm³/mol. The van der Waals surface area contributed by atoms with Crippen molar-refractivity contribution in [3.05, 3.63) is 53.9 Å². The molecule has 0 bridgehead atoms. The maximum Gasteiger partial charge on any atom is 0.229 e. The van der Waals surface area contributed by atoms with Crippen LogP contribution in [0.5, 0.6) is 5.88 Å². The molecule has 0 saturated carbocycles. The lowest BCUT2D eigenvalue weighted by atomic mass is 10.1. The van der Waals surface area contributed by atoms with Crippen LogP contribution in [0.3, 0.4) is 0 Å². The van der Waals surface area contributed by atoms with Crippen LogP contribution < -0.4 is 15.4 Å². The normalized spacial score (nSPS) is 13.7. The van der Waals surface area contributed by atoms with Crippen molar-refractivity contribution >= 4 is 11.9 Å². The number of ether oxygens (including phenoxy) is 2. The fourth-order valence-electron chi connectivity index (χ4n) is 2.90. The van der Waals surface area contributed by atoms with E-state index in [9.17, 15) is 0 Å². The number of nitriles is 1. The predicted octanol–water partition coefficient (Wildman–Crippen LogP) is 1.80. The van der Waals surface area contributed by atoms with Crippen molar-refractivity contribution in [2.75, 3.05) is 36.9 Å². The summed E-state index contributed by atoms with van der Waals surface area (Å²) in [6.45, 7) is 2.93. The molecule has 9 heteroatoms. The van der Waals surface area contributed by atoms with Crippen molar-refractivity contribution in [1.29, 1.82) is 5.26 Å². The topological polar surface area (TPSA) is 123 Å². The number of nitrogens with two attached hydrogens (primary N) is 1. The summed E-state index contributed by atoms with van der Waals surface area (Å²) in [7, 11) is 0. The van der Waals surface area contributed by atoms with E-state index in [4.69, 9.17) is 20.5 Å². The van der Waals surface area contributed by atoms with Crippen LogP contribution in [0.15, 0.2) is 42.7 Å². The zero-order valence-electron chi connectivity index (χ0n) is 15.7. The first kappa shape index (κ1) is 18.6. The number of hydrogen-bond donors (Lipinski definition) is 1. The van der Waals surface area contributed by atoms with Crippen LogP contribution in [-0.4, -0.2) is 46.2 Å². The second kappa shape index (κ2) is 8.50. The Morgan fingerprint density at radius 3 is 2.69 bits per heavy atom. The zero-order chi connectivity index (χ0) is 20.1. The van der Waals surface area contributed by atoms with Gasteiger partial charge in [-0.3, -0.25) is 0 Å². The van der Waals surface area contributed by atoms with Gasteiger partial charge in [0.15, 0.2) is 0 Å². The van der Waals surface area contributed by atoms with Crippen LogP contribution in [0.1, 0.15) is 11.1 Å². The minimum atomic E-state index is 0.199. The molecule has 9 nitrogen and oxygen atoms in total. The van der Waals surface area contributed by atoms with Crippen LogP contribution in [0.2, 0.25) is 0 Å². The Kier molecular flexibility index (Phi) is 5.45. The van der Waals surface area contributed by atoms with E-state index in [1.54, 1.807) is 30.6 Å². The second-order valence-corrected chi connectivity index (χ2v) is 6.42. The van der Waals surface area contributed by atoms with E-state index in [0.29, 0.717) is 55.0 Å². The van der Waals surface area contributed by atoms with E-state index in [-0.39, 0.29) is 12.6 Å². The van der Waals surface area contributed by atoms with E-state index < -0.39 is 0 Å². The summed E-state index contributed by atoms with van der Waals surface area (Å²) < 4.78 is 11.3. The Hall–Kier alpha value is -3.77. The quantitative estimate of drug-likeness (QED) is 0.695. The highest BCUT2D eigenvalue weighted by Crippen LogP contribution is 2.24.